The highest BCUT2D eigenvalue weighted by atomic mass is 14.5. The maximum atomic E-state index is 2.46. The summed E-state index contributed by atoms with van der Waals surface area (Å²) in [5.74, 6) is 0. The van der Waals surface area contributed by atoms with Gasteiger partial charge in [0.05, 0.1) is 5.41 Å². The third kappa shape index (κ3) is 3.93. The minimum Gasteiger partial charge on any atom is -0.0622 e. The first-order valence-electron chi connectivity index (χ1n) is 16.1. The summed E-state index contributed by atoms with van der Waals surface area (Å²) in [5, 5.41) is 0. The zero-order chi connectivity index (χ0) is 30.7. The van der Waals surface area contributed by atoms with Gasteiger partial charge in [0.25, 0.3) is 0 Å². The van der Waals surface area contributed by atoms with Gasteiger partial charge in [0.15, 0.2) is 0 Å². The Bertz CT molecular complexity index is 2220. The van der Waals surface area contributed by atoms with Crippen molar-refractivity contribution >= 4 is 11.6 Å². The molecule has 0 atom stereocenters. The van der Waals surface area contributed by atoms with Crippen molar-refractivity contribution < 1.29 is 0 Å². The third-order valence-electron chi connectivity index (χ3n) is 10.00. The summed E-state index contributed by atoms with van der Waals surface area (Å²) >= 11 is 0. The van der Waals surface area contributed by atoms with Crippen LogP contribution in [0, 0.1) is 6.92 Å². The van der Waals surface area contributed by atoms with E-state index in [9.17, 15) is 0 Å². The van der Waals surface area contributed by atoms with Gasteiger partial charge in [-0.2, -0.15) is 0 Å². The molecule has 0 aliphatic heterocycles. The van der Waals surface area contributed by atoms with Crippen molar-refractivity contribution in [3.63, 3.8) is 0 Å². The summed E-state index contributed by atoms with van der Waals surface area (Å²) in [6.07, 6.45) is 2.38. The molecule has 0 aromatic heterocycles. The summed E-state index contributed by atoms with van der Waals surface area (Å²) in [5.41, 5.74) is 19.0. The SMILES string of the molecule is Cc1ccc(C(=Cc2ccc3c(c2)C2(c4ccccc4-c4ccccc42)c2ccccc2-3)c2ccc(-c3ccccc3)cc2)cc1. The second kappa shape index (κ2) is 10.4. The van der Waals surface area contributed by atoms with Crippen LogP contribution in [0.15, 0.2) is 170 Å². The summed E-state index contributed by atoms with van der Waals surface area (Å²) in [6, 6.07) is 62.7. The van der Waals surface area contributed by atoms with Crippen LogP contribution in [-0.4, -0.2) is 0 Å². The van der Waals surface area contributed by atoms with E-state index < -0.39 is 0 Å². The monoisotopic (exact) mass is 584 g/mol. The standard InChI is InChI=1S/C46H32/c1-31-19-22-35(23-20-31)41(36-26-24-34(25-27-36)33-11-3-2-4-12-33)29-32-21-28-40-39-15-7-10-18-44(39)46(45(40)30-32)42-16-8-5-13-37(42)38-14-6-9-17-43(38)46/h2-30H,1H3. The van der Waals surface area contributed by atoms with E-state index in [0.717, 1.165) is 0 Å². The van der Waals surface area contributed by atoms with Crippen molar-refractivity contribution in [3.8, 4) is 33.4 Å². The highest BCUT2D eigenvalue weighted by molar-refractivity contribution is 5.97. The van der Waals surface area contributed by atoms with Crippen molar-refractivity contribution in [1.29, 1.82) is 0 Å². The van der Waals surface area contributed by atoms with Crippen molar-refractivity contribution in [2.75, 3.05) is 0 Å². The second-order valence-corrected chi connectivity index (χ2v) is 12.6. The first-order valence-corrected chi connectivity index (χ1v) is 16.1. The topological polar surface area (TPSA) is 0 Å². The zero-order valence-corrected chi connectivity index (χ0v) is 25.7. The van der Waals surface area contributed by atoms with Crippen LogP contribution in [0.5, 0.6) is 0 Å². The predicted octanol–water partition coefficient (Wildman–Crippen LogP) is 11.6. The molecule has 7 aromatic carbocycles. The van der Waals surface area contributed by atoms with E-state index in [2.05, 4.69) is 183 Å². The minimum absolute atomic E-state index is 0.343. The Morgan fingerprint density at radius 1 is 0.413 bits per heavy atom. The maximum absolute atomic E-state index is 2.46. The van der Waals surface area contributed by atoms with Crippen LogP contribution < -0.4 is 0 Å². The van der Waals surface area contributed by atoms with Gasteiger partial charge in [-0.25, -0.2) is 0 Å². The van der Waals surface area contributed by atoms with Gasteiger partial charge in [-0.1, -0.05) is 169 Å². The van der Waals surface area contributed by atoms with Crippen molar-refractivity contribution in [1.82, 2.24) is 0 Å². The minimum atomic E-state index is -0.343. The van der Waals surface area contributed by atoms with Gasteiger partial charge in [-0.15, -0.1) is 0 Å². The maximum Gasteiger partial charge on any atom is 0.0725 e. The predicted molar refractivity (Wildman–Crippen MR) is 193 cm³/mol. The van der Waals surface area contributed by atoms with Crippen LogP contribution in [0.1, 0.15) is 44.5 Å². The van der Waals surface area contributed by atoms with Crippen LogP contribution in [0.25, 0.3) is 45.0 Å². The van der Waals surface area contributed by atoms with Crippen LogP contribution in [0.3, 0.4) is 0 Å². The summed E-state index contributed by atoms with van der Waals surface area (Å²) in [7, 11) is 0. The molecule has 0 fully saturated rings. The molecule has 2 aliphatic rings. The molecule has 9 rings (SSSR count). The van der Waals surface area contributed by atoms with Gasteiger partial charge in [0.1, 0.15) is 0 Å². The van der Waals surface area contributed by atoms with E-state index >= 15 is 0 Å². The van der Waals surface area contributed by atoms with E-state index in [1.807, 2.05) is 0 Å². The van der Waals surface area contributed by atoms with E-state index in [4.69, 9.17) is 0 Å². The lowest BCUT2D eigenvalue weighted by molar-refractivity contribution is 0.793. The molecule has 0 saturated carbocycles. The fourth-order valence-electron chi connectivity index (χ4n) is 7.91. The molecular weight excluding hydrogens is 553 g/mol. The molecule has 0 heterocycles. The lowest BCUT2D eigenvalue weighted by Crippen LogP contribution is -2.25. The quantitative estimate of drug-likeness (QED) is 0.181. The Morgan fingerprint density at radius 3 is 1.43 bits per heavy atom. The van der Waals surface area contributed by atoms with Crippen molar-refractivity contribution in [2.24, 2.45) is 0 Å². The van der Waals surface area contributed by atoms with E-state index in [1.165, 1.54) is 83.5 Å². The zero-order valence-electron chi connectivity index (χ0n) is 25.7. The first-order chi connectivity index (χ1) is 22.7. The lowest BCUT2D eigenvalue weighted by atomic mass is 9.70. The second-order valence-electron chi connectivity index (χ2n) is 12.6. The molecule has 0 heteroatoms. The molecule has 7 aromatic rings. The Morgan fingerprint density at radius 2 is 0.870 bits per heavy atom. The third-order valence-corrected chi connectivity index (χ3v) is 10.00. The van der Waals surface area contributed by atoms with Crippen LogP contribution >= 0.6 is 0 Å². The Hall–Kier alpha value is -5.72. The highest BCUT2D eigenvalue weighted by Crippen LogP contribution is 2.62. The molecular formula is C46H32. The molecule has 46 heavy (non-hydrogen) atoms. The molecule has 0 amide bonds. The van der Waals surface area contributed by atoms with Gasteiger partial charge >= 0.3 is 0 Å². The molecule has 0 radical (unpaired) electrons. The average Bonchev–Trinajstić information content (AvgIpc) is 3.59. The van der Waals surface area contributed by atoms with Gasteiger partial charge in [-0.3, -0.25) is 0 Å². The fraction of sp³-hybridized carbons (Fsp3) is 0.0435. The number of rotatable bonds is 4. The van der Waals surface area contributed by atoms with Crippen LogP contribution in [-0.2, 0) is 5.41 Å². The van der Waals surface area contributed by atoms with Gasteiger partial charge in [0.2, 0.25) is 0 Å². The van der Waals surface area contributed by atoms with Gasteiger partial charge in [-0.05, 0) is 97.0 Å². The number of hydrogen-bond acceptors (Lipinski definition) is 0. The molecule has 0 saturated heterocycles. The highest BCUT2D eigenvalue weighted by Gasteiger charge is 2.51. The average molecular weight is 585 g/mol. The van der Waals surface area contributed by atoms with Crippen LogP contribution in [0.2, 0.25) is 0 Å². The molecule has 0 bridgehead atoms. The summed E-state index contributed by atoms with van der Waals surface area (Å²) in [4.78, 5) is 0. The van der Waals surface area contributed by atoms with Crippen molar-refractivity contribution in [2.45, 2.75) is 12.3 Å². The fourth-order valence-corrected chi connectivity index (χ4v) is 7.91. The van der Waals surface area contributed by atoms with E-state index in [0.29, 0.717) is 0 Å². The van der Waals surface area contributed by atoms with Crippen LogP contribution in [0.4, 0.5) is 0 Å². The molecule has 2 aliphatic carbocycles. The number of benzene rings is 7. The van der Waals surface area contributed by atoms with Crippen molar-refractivity contribution in [3.05, 3.63) is 214 Å². The summed E-state index contributed by atoms with van der Waals surface area (Å²) in [6.45, 7) is 2.15. The van der Waals surface area contributed by atoms with Gasteiger partial charge in [0, 0.05) is 0 Å². The molecule has 0 nitrogen and oxygen atoms in total. The molecule has 0 unspecified atom stereocenters. The molecule has 1 spiro atoms. The smallest absolute Gasteiger partial charge is 0.0622 e. The lowest BCUT2D eigenvalue weighted by Gasteiger charge is -2.30. The normalized spacial score (nSPS) is 13.6. The first kappa shape index (κ1) is 26.7. The number of aryl methyl sites for hydroxylation is 1. The van der Waals surface area contributed by atoms with Gasteiger partial charge < -0.3 is 0 Å². The van der Waals surface area contributed by atoms with E-state index in [-0.39, 0.29) is 5.41 Å². The van der Waals surface area contributed by atoms with E-state index in [1.54, 1.807) is 0 Å². The number of fused-ring (bicyclic) bond motifs is 10. The largest absolute Gasteiger partial charge is 0.0725 e. The molecule has 0 N–H and O–H groups in total. The summed E-state index contributed by atoms with van der Waals surface area (Å²) < 4.78 is 0. The Labute approximate surface area is 271 Å². The molecule has 216 valence electrons. The Balaban J connectivity index is 1.25. The Kier molecular flexibility index (Phi) is 6.05. The number of hydrogen-bond donors (Lipinski definition) is 0.